The first-order valence-corrected chi connectivity index (χ1v) is 7.49. The maximum atomic E-state index is 12.8. The zero-order valence-corrected chi connectivity index (χ0v) is 12.7. The molecule has 0 saturated carbocycles. The minimum Gasteiger partial charge on any atom is -0.381 e. The van der Waals surface area contributed by atoms with Gasteiger partial charge in [-0.15, -0.1) is 0 Å². The number of non-ortho nitro benzene ring substituents is 1. The summed E-state index contributed by atoms with van der Waals surface area (Å²) in [5, 5.41) is 14.6. The Labute approximate surface area is 141 Å². The summed E-state index contributed by atoms with van der Waals surface area (Å²) >= 11 is 0. The van der Waals surface area contributed by atoms with E-state index in [1.165, 1.54) is 24.3 Å². The topological polar surface area (TPSA) is 102 Å². The van der Waals surface area contributed by atoms with Gasteiger partial charge in [0.05, 0.1) is 10.6 Å². The Bertz CT molecular complexity index is 908. The molecule has 2 amide bonds. The largest absolute Gasteiger partial charge is 0.381 e. The van der Waals surface area contributed by atoms with Gasteiger partial charge < -0.3 is 4.84 Å². The highest BCUT2D eigenvalue weighted by Crippen LogP contribution is 2.35. The lowest BCUT2D eigenvalue weighted by Crippen LogP contribution is -2.33. The fourth-order valence-corrected chi connectivity index (χ4v) is 3.00. The first-order valence-electron chi connectivity index (χ1n) is 7.49. The number of imide groups is 1. The van der Waals surface area contributed by atoms with Gasteiger partial charge in [0.25, 0.3) is 11.6 Å². The second-order valence-electron chi connectivity index (χ2n) is 5.63. The number of nitro groups is 1. The van der Waals surface area contributed by atoms with Gasteiger partial charge in [0, 0.05) is 17.7 Å². The molecule has 2 atom stereocenters. The van der Waals surface area contributed by atoms with Crippen LogP contribution in [0.4, 0.5) is 11.4 Å². The molecule has 8 nitrogen and oxygen atoms in total. The van der Waals surface area contributed by atoms with E-state index in [0.717, 1.165) is 4.90 Å². The third-order valence-corrected chi connectivity index (χ3v) is 4.20. The molecule has 4 rings (SSSR count). The Morgan fingerprint density at radius 3 is 2.32 bits per heavy atom. The standard InChI is InChI=1S/C17H11N3O5/c21-16-13-14(10-6-8-12(9-7-10)20(23)24)18-25-15(13)17(22)19(16)11-4-2-1-3-5-11/h1-9,13,15H. The smallest absolute Gasteiger partial charge is 0.278 e. The van der Waals surface area contributed by atoms with Crippen LogP contribution >= 0.6 is 0 Å². The molecule has 0 N–H and O–H groups in total. The number of oxime groups is 1. The highest BCUT2D eigenvalue weighted by atomic mass is 16.7. The maximum Gasteiger partial charge on any atom is 0.278 e. The van der Waals surface area contributed by atoms with Crippen molar-refractivity contribution in [3.63, 3.8) is 0 Å². The Balaban J connectivity index is 1.67. The van der Waals surface area contributed by atoms with E-state index in [1.807, 2.05) is 0 Å². The third kappa shape index (κ3) is 2.26. The van der Waals surface area contributed by atoms with Gasteiger partial charge in [-0.05, 0) is 24.3 Å². The number of nitro benzene ring substituents is 1. The van der Waals surface area contributed by atoms with Gasteiger partial charge in [-0.2, -0.15) is 0 Å². The predicted octanol–water partition coefficient (Wildman–Crippen LogP) is 1.89. The first kappa shape index (κ1) is 15.0. The number of amides is 2. The predicted molar refractivity (Wildman–Crippen MR) is 86.9 cm³/mol. The number of carbonyl (C=O) groups is 2. The van der Waals surface area contributed by atoms with E-state index in [2.05, 4.69) is 5.16 Å². The third-order valence-electron chi connectivity index (χ3n) is 4.20. The van der Waals surface area contributed by atoms with E-state index >= 15 is 0 Å². The van der Waals surface area contributed by atoms with Crippen LogP contribution in [0.3, 0.4) is 0 Å². The fourth-order valence-electron chi connectivity index (χ4n) is 3.00. The van der Waals surface area contributed by atoms with E-state index in [4.69, 9.17) is 4.84 Å². The molecule has 1 fully saturated rings. The Morgan fingerprint density at radius 1 is 1.00 bits per heavy atom. The number of rotatable bonds is 3. The molecule has 2 aromatic rings. The van der Waals surface area contributed by atoms with Crippen molar-refractivity contribution in [3.05, 3.63) is 70.3 Å². The molecule has 8 heteroatoms. The number of para-hydroxylation sites is 1. The summed E-state index contributed by atoms with van der Waals surface area (Å²) in [4.78, 5) is 41.9. The van der Waals surface area contributed by atoms with Crippen molar-refractivity contribution in [1.82, 2.24) is 0 Å². The number of hydrogen-bond donors (Lipinski definition) is 0. The number of anilines is 1. The molecule has 0 bridgehead atoms. The molecule has 0 aromatic heterocycles. The van der Waals surface area contributed by atoms with Crippen LogP contribution in [0.15, 0.2) is 59.8 Å². The Hall–Kier alpha value is -3.55. The van der Waals surface area contributed by atoms with Gasteiger partial charge >= 0.3 is 0 Å². The van der Waals surface area contributed by atoms with Crippen molar-refractivity contribution in [2.45, 2.75) is 6.10 Å². The van der Waals surface area contributed by atoms with E-state index < -0.39 is 28.8 Å². The normalized spacial score (nSPS) is 21.8. The summed E-state index contributed by atoms with van der Waals surface area (Å²) in [6.45, 7) is 0. The van der Waals surface area contributed by atoms with Crippen LogP contribution in [0.5, 0.6) is 0 Å². The van der Waals surface area contributed by atoms with Crippen molar-refractivity contribution in [1.29, 1.82) is 0 Å². The molecule has 0 aliphatic carbocycles. The van der Waals surface area contributed by atoms with Crippen molar-refractivity contribution in [2.75, 3.05) is 4.90 Å². The summed E-state index contributed by atoms with van der Waals surface area (Å²) < 4.78 is 0. The lowest BCUT2D eigenvalue weighted by Gasteiger charge is -2.15. The van der Waals surface area contributed by atoms with E-state index in [1.54, 1.807) is 30.3 Å². The SMILES string of the molecule is O=C1C2ON=C(c3ccc([N+](=O)[O-])cc3)C2C(=O)N1c1ccccc1. The van der Waals surface area contributed by atoms with Gasteiger partial charge in [-0.25, -0.2) is 4.90 Å². The zero-order valence-electron chi connectivity index (χ0n) is 12.7. The lowest BCUT2D eigenvalue weighted by molar-refractivity contribution is -0.384. The molecule has 1 saturated heterocycles. The molecule has 0 radical (unpaired) electrons. The molecule has 124 valence electrons. The van der Waals surface area contributed by atoms with Gasteiger partial charge in [0.2, 0.25) is 12.0 Å². The second kappa shape index (κ2) is 5.52. The number of fused-ring (bicyclic) bond motifs is 1. The number of hydrogen-bond acceptors (Lipinski definition) is 6. The molecule has 2 aliphatic heterocycles. The van der Waals surface area contributed by atoms with Gasteiger partial charge in [0.15, 0.2) is 0 Å². The van der Waals surface area contributed by atoms with Gasteiger partial charge in [0.1, 0.15) is 11.6 Å². The number of nitrogens with zero attached hydrogens (tertiary/aromatic N) is 3. The van der Waals surface area contributed by atoms with Crippen LogP contribution in [-0.2, 0) is 14.4 Å². The van der Waals surface area contributed by atoms with E-state index in [-0.39, 0.29) is 5.69 Å². The van der Waals surface area contributed by atoms with Crippen LogP contribution in [0, 0.1) is 16.0 Å². The molecule has 2 heterocycles. The molecule has 25 heavy (non-hydrogen) atoms. The summed E-state index contributed by atoms with van der Waals surface area (Å²) in [5.74, 6) is -1.74. The van der Waals surface area contributed by atoms with E-state index in [0.29, 0.717) is 17.0 Å². The Kier molecular flexibility index (Phi) is 3.31. The molecule has 2 unspecified atom stereocenters. The summed E-state index contributed by atoms with van der Waals surface area (Å²) in [5.41, 5.74) is 1.21. The molecule has 0 spiro atoms. The van der Waals surface area contributed by atoms with Crippen LogP contribution in [-0.4, -0.2) is 28.6 Å². The molecular formula is C17H11N3O5. The molecular weight excluding hydrogens is 326 g/mol. The van der Waals surface area contributed by atoms with Crippen molar-refractivity contribution >= 4 is 28.9 Å². The monoisotopic (exact) mass is 337 g/mol. The van der Waals surface area contributed by atoms with Gasteiger partial charge in [-0.3, -0.25) is 19.7 Å². The van der Waals surface area contributed by atoms with Crippen LogP contribution in [0.1, 0.15) is 5.56 Å². The second-order valence-corrected chi connectivity index (χ2v) is 5.63. The number of benzene rings is 2. The molecule has 2 aromatic carbocycles. The highest BCUT2D eigenvalue weighted by Gasteiger charge is 2.56. The zero-order chi connectivity index (χ0) is 17.6. The van der Waals surface area contributed by atoms with Crippen molar-refractivity contribution in [2.24, 2.45) is 11.1 Å². The average Bonchev–Trinajstić information content (AvgIpc) is 3.16. The van der Waals surface area contributed by atoms with Crippen molar-refractivity contribution in [3.8, 4) is 0 Å². The minimum absolute atomic E-state index is 0.0699. The maximum absolute atomic E-state index is 12.8. The fraction of sp³-hybridized carbons (Fsp3) is 0.118. The van der Waals surface area contributed by atoms with Crippen LogP contribution in [0.2, 0.25) is 0 Å². The summed E-state index contributed by atoms with van der Waals surface area (Å²) in [6, 6.07) is 14.2. The Morgan fingerprint density at radius 2 is 1.68 bits per heavy atom. The first-order chi connectivity index (χ1) is 12.1. The van der Waals surface area contributed by atoms with Gasteiger partial charge in [-0.1, -0.05) is 23.4 Å². The quantitative estimate of drug-likeness (QED) is 0.483. The summed E-state index contributed by atoms with van der Waals surface area (Å²) in [7, 11) is 0. The van der Waals surface area contributed by atoms with Crippen molar-refractivity contribution < 1.29 is 19.3 Å². The minimum atomic E-state index is -1.00. The van der Waals surface area contributed by atoms with E-state index in [9.17, 15) is 19.7 Å². The molecule has 2 aliphatic rings. The average molecular weight is 337 g/mol. The lowest BCUT2D eigenvalue weighted by atomic mass is 9.94. The van der Waals surface area contributed by atoms with Crippen LogP contribution in [0.25, 0.3) is 0 Å². The van der Waals surface area contributed by atoms with Crippen LogP contribution < -0.4 is 4.90 Å². The number of carbonyl (C=O) groups excluding carboxylic acids is 2. The highest BCUT2D eigenvalue weighted by molar-refractivity contribution is 6.32. The summed E-state index contributed by atoms with van der Waals surface area (Å²) in [6.07, 6.45) is -1.00.